The van der Waals surface area contributed by atoms with Crippen molar-refractivity contribution in [1.82, 2.24) is 4.98 Å². The minimum absolute atomic E-state index is 0.939. The number of hydrogen-bond donors (Lipinski definition) is 0. The summed E-state index contributed by atoms with van der Waals surface area (Å²) in [5.41, 5.74) is 6.96. The number of aromatic nitrogens is 1. The Morgan fingerprint density at radius 2 is 1.82 bits per heavy atom. The Morgan fingerprint density at radius 3 is 2.55 bits per heavy atom. The first-order valence-corrected chi connectivity index (χ1v) is 7.67. The number of benzene rings is 2. The fourth-order valence-electron chi connectivity index (χ4n) is 2.82. The van der Waals surface area contributed by atoms with Gasteiger partial charge in [-0.25, -0.2) is 4.98 Å². The van der Waals surface area contributed by atoms with Gasteiger partial charge in [-0.2, -0.15) is 0 Å². The van der Waals surface area contributed by atoms with E-state index in [1.165, 1.54) is 22.3 Å². The summed E-state index contributed by atoms with van der Waals surface area (Å²) in [6.07, 6.45) is 0.939. The van der Waals surface area contributed by atoms with E-state index in [0.717, 1.165) is 28.8 Å². The molecule has 0 unspecified atom stereocenters. The molecule has 0 aliphatic rings. The lowest BCUT2D eigenvalue weighted by Crippen LogP contribution is -1.94. The molecular formula is C20H21NO. The van der Waals surface area contributed by atoms with E-state index in [4.69, 9.17) is 9.72 Å². The van der Waals surface area contributed by atoms with E-state index in [1.807, 2.05) is 0 Å². The maximum atomic E-state index is 5.47. The van der Waals surface area contributed by atoms with Gasteiger partial charge in [-0.15, -0.1) is 0 Å². The topological polar surface area (TPSA) is 22.1 Å². The molecule has 0 aliphatic heterocycles. The second-order valence-electron chi connectivity index (χ2n) is 5.73. The SMILES string of the molecule is CCc1cc2nc(-c3cc(C)ccc3C)ccc2cc1OC. The second-order valence-corrected chi connectivity index (χ2v) is 5.73. The van der Waals surface area contributed by atoms with Crippen molar-refractivity contribution >= 4 is 10.9 Å². The van der Waals surface area contributed by atoms with Crippen LogP contribution in [-0.4, -0.2) is 12.1 Å². The molecule has 0 bridgehead atoms. The third-order valence-corrected chi connectivity index (χ3v) is 4.14. The lowest BCUT2D eigenvalue weighted by Gasteiger charge is -2.11. The van der Waals surface area contributed by atoms with E-state index >= 15 is 0 Å². The van der Waals surface area contributed by atoms with Crippen LogP contribution in [0.5, 0.6) is 5.75 Å². The molecule has 22 heavy (non-hydrogen) atoms. The van der Waals surface area contributed by atoms with Gasteiger partial charge in [0.25, 0.3) is 0 Å². The first-order valence-electron chi connectivity index (χ1n) is 7.67. The Hall–Kier alpha value is -2.35. The zero-order valence-electron chi connectivity index (χ0n) is 13.6. The van der Waals surface area contributed by atoms with Gasteiger partial charge in [0.05, 0.1) is 18.3 Å². The largest absolute Gasteiger partial charge is 0.496 e. The Balaban J connectivity index is 2.19. The first kappa shape index (κ1) is 14.6. The molecule has 1 aromatic heterocycles. The molecule has 0 spiro atoms. The summed E-state index contributed by atoms with van der Waals surface area (Å²) >= 11 is 0. The van der Waals surface area contributed by atoms with Crippen LogP contribution in [0, 0.1) is 13.8 Å². The number of pyridine rings is 1. The van der Waals surface area contributed by atoms with Crippen molar-refractivity contribution < 1.29 is 4.74 Å². The summed E-state index contributed by atoms with van der Waals surface area (Å²) in [6, 6.07) is 14.9. The van der Waals surface area contributed by atoms with Gasteiger partial charge in [0.15, 0.2) is 0 Å². The molecule has 3 rings (SSSR count). The van der Waals surface area contributed by atoms with Crippen LogP contribution in [-0.2, 0) is 6.42 Å². The Labute approximate surface area is 131 Å². The van der Waals surface area contributed by atoms with Crippen molar-refractivity contribution in [1.29, 1.82) is 0 Å². The fraction of sp³-hybridized carbons (Fsp3) is 0.250. The molecule has 1 heterocycles. The normalized spacial score (nSPS) is 10.9. The van der Waals surface area contributed by atoms with Crippen molar-refractivity contribution in [3.63, 3.8) is 0 Å². The average Bonchev–Trinajstić information content (AvgIpc) is 2.55. The van der Waals surface area contributed by atoms with E-state index in [2.05, 4.69) is 63.2 Å². The minimum atomic E-state index is 0.939. The van der Waals surface area contributed by atoms with Crippen molar-refractivity contribution in [3.8, 4) is 17.0 Å². The number of rotatable bonds is 3. The second kappa shape index (κ2) is 5.80. The smallest absolute Gasteiger partial charge is 0.122 e. The van der Waals surface area contributed by atoms with Crippen molar-refractivity contribution in [3.05, 3.63) is 59.2 Å². The molecule has 0 atom stereocenters. The third-order valence-electron chi connectivity index (χ3n) is 4.14. The van der Waals surface area contributed by atoms with Gasteiger partial charge < -0.3 is 4.74 Å². The highest BCUT2D eigenvalue weighted by molar-refractivity contribution is 5.84. The molecule has 0 N–H and O–H groups in total. The monoisotopic (exact) mass is 291 g/mol. The quantitative estimate of drug-likeness (QED) is 0.670. The van der Waals surface area contributed by atoms with Gasteiger partial charge in [-0.1, -0.05) is 30.7 Å². The highest BCUT2D eigenvalue weighted by Gasteiger charge is 2.08. The lowest BCUT2D eigenvalue weighted by atomic mass is 10.0. The van der Waals surface area contributed by atoms with Gasteiger partial charge in [0.2, 0.25) is 0 Å². The molecule has 2 heteroatoms. The van der Waals surface area contributed by atoms with Crippen LogP contribution in [0.25, 0.3) is 22.2 Å². The number of ether oxygens (including phenoxy) is 1. The molecule has 0 aliphatic carbocycles. The van der Waals surface area contributed by atoms with E-state index in [1.54, 1.807) is 7.11 Å². The number of aryl methyl sites for hydroxylation is 3. The highest BCUT2D eigenvalue weighted by Crippen LogP contribution is 2.29. The molecule has 0 fully saturated rings. The van der Waals surface area contributed by atoms with Gasteiger partial charge >= 0.3 is 0 Å². The summed E-state index contributed by atoms with van der Waals surface area (Å²) in [5.74, 6) is 0.941. The van der Waals surface area contributed by atoms with E-state index < -0.39 is 0 Å². The molecule has 0 saturated heterocycles. The van der Waals surface area contributed by atoms with Gasteiger partial charge in [-0.3, -0.25) is 0 Å². The van der Waals surface area contributed by atoms with Crippen LogP contribution in [0.3, 0.4) is 0 Å². The fourth-order valence-corrected chi connectivity index (χ4v) is 2.82. The third kappa shape index (κ3) is 2.57. The van der Waals surface area contributed by atoms with Crippen LogP contribution in [0.2, 0.25) is 0 Å². The predicted molar refractivity (Wildman–Crippen MR) is 92.6 cm³/mol. The minimum Gasteiger partial charge on any atom is -0.496 e. The van der Waals surface area contributed by atoms with E-state index in [0.29, 0.717) is 0 Å². The Bertz CT molecular complexity index is 836. The highest BCUT2D eigenvalue weighted by atomic mass is 16.5. The Kier molecular flexibility index (Phi) is 3.84. The number of nitrogens with zero attached hydrogens (tertiary/aromatic N) is 1. The van der Waals surface area contributed by atoms with Crippen molar-refractivity contribution in [2.75, 3.05) is 7.11 Å². The molecule has 0 amide bonds. The summed E-state index contributed by atoms with van der Waals surface area (Å²) in [6.45, 7) is 6.38. The molecule has 2 nitrogen and oxygen atoms in total. The molecule has 0 saturated carbocycles. The molecule has 2 aromatic carbocycles. The van der Waals surface area contributed by atoms with Crippen LogP contribution < -0.4 is 4.74 Å². The van der Waals surface area contributed by atoms with Crippen LogP contribution >= 0.6 is 0 Å². The van der Waals surface area contributed by atoms with Crippen LogP contribution in [0.4, 0.5) is 0 Å². The number of methoxy groups -OCH3 is 1. The maximum Gasteiger partial charge on any atom is 0.122 e. The number of fused-ring (bicyclic) bond motifs is 1. The number of hydrogen-bond acceptors (Lipinski definition) is 2. The first-order chi connectivity index (χ1) is 10.6. The van der Waals surface area contributed by atoms with Gasteiger partial charge in [0.1, 0.15) is 5.75 Å². The van der Waals surface area contributed by atoms with Crippen LogP contribution in [0.1, 0.15) is 23.6 Å². The summed E-state index contributed by atoms with van der Waals surface area (Å²) in [5, 5.41) is 1.11. The molecular weight excluding hydrogens is 270 g/mol. The maximum absolute atomic E-state index is 5.47. The Morgan fingerprint density at radius 1 is 1.00 bits per heavy atom. The average molecular weight is 291 g/mol. The zero-order chi connectivity index (χ0) is 15.7. The molecule has 0 radical (unpaired) electrons. The van der Waals surface area contributed by atoms with Gasteiger partial charge in [0, 0.05) is 10.9 Å². The van der Waals surface area contributed by atoms with Crippen molar-refractivity contribution in [2.24, 2.45) is 0 Å². The predicted octanol–water partition coefficient (Wildman–Crippen LogP) is 5.09. The van der Waals surface area contributed by atoms with Crippen LogP contribution in [0.15, 0.2) is 42.5 Å². The summed E-state index contributed by atoms with van der Waals surface area (Å²) in [7, 11) is 1.72. The summed E-state index contributed by atoms with van der Waals surface area (Å²) < 4.78 is 5.47. The lowest BCUT2D eigenvalue weighted by molar-refractivity contribution is 0.411. The van der Waals surface area contributed by atoms with Crippen molar-refractivity contribution in [2.45, 2.75) is 27.2 Å². The molecule has 3 aromatic rings. The zero-order valence-corrected chi connectivity index (χ0v) is 13.6. The van der Waals surface area contributed by atoms with E-state index in [-0.39, 0.29) is 0 Å². The summed E-state index contributed by atoms with van der Waals surface area (Å²) in [4.78, 5) is 4.88. The van der Waals surface area contributed by atoms with E-state index in [9.17, 15) is 0 Å². The standard InChI is InChI=1S/C20H21NO/c1-5-15-11-19-16(12-20(15)22-4)8-9-18(21-19)17-10-13(2)6-7-14(17)3/h6-12H,5H2,1-4H3. The van der Waals surface area contributed by atoms with Gasteiger partial charge in [-0.05, 0) is 55.7 Å². The molecule has 112 valence electrons.